The van der Waals surface area contributed by atoms with Gasteiger partial charge in [0.2, 0.25) is 0 Å². The number of anilines is 2. The van der Waals surface area contributed by atoms with Crippen molar-refractivity contribution >= 4 is 17.3 Å². The molecule has 0 aliphatic carbocycles. The van der Waals surface area contributed by atoms with Crippen molar-refractivity contribution in [3.05, 3.63) is 53.6 Å². The fraction of sp³-hybridized carbons (Fsp3) is 0.125. The molecule has 0 saturated carbocycles. The van der Waals surface area contributed by atoms with Crippen LogP contribution < -0.4 is 15.4 Å². The lowest BCUT2D eigenvalue weighted by Crippen LogP contribution is -2.26. The molecule has 0 spiro atoms. The first-order valence-corrected chi connectivity index (χ1v) is 6.28. The van der Waals surface area contributed by atoms with Crippen LogP contribution in [0.15, 0.2) is 42.5 Å². The highest BCUT2D eigenvalue weighted by atomic mass is 16.5. The molecule has 5 nitrogen and oxygen atoms in total. The molecule has 2 aromatic rings. The minimum atomic E-state index is -0.234. The van der Waals surface area contributed by atoms with Crippen molar-refractivity contribution in [3.8, 4) is 11.8 Å². The number of carbonyl (C=O) groups excluding carboxylic acids is 1. The molecule has 2 rings (SSSR count). The normalized spacial score (nSPS) is 9.76. The van der Waals surface area contributed by atoms with Crippen molar-refractivity contribution < 1.29 is 9.53 Å². The van der Waals surface area contributed by atoms with E-state index in [1.54, 1.807) is 49.5 Å². The molecule has 2 N–H and O–H groups in total. The molecule has 0 aromatic heterocycles. The Balaban J connectivity index is 2.37. The molecule has 0 saturated heterocycles. The molecule has 0 unspecified atom stereocenters. The van der Waals surface area contributed by atoms with Crippen molar-refractivity contribution in [1.29, 1.82) is 5.26 Å². The molecule has 0 aliphatic heterocycles. The van der Waals surface area contributed by atoms with Crippen LogP contribution in [-0.2, 0) is 0 Å². The van der Waals surface area contributed by atoms with Crippen LogP contribution in [0, 0.1) is 11.3 Å². The van der Waals surface area contributed by atoms with Gasteiger partial charge in [-0.15, -0.1) is 0 Å². The highest BCUT2D eigenvalue weighted by Crippen LogP contribution is 2.25. The predicted molar refractivity (Wildman–Crippen MR) is 81.3 cm³/mol. The molecule has 0 fully saturated rings. The molecular weight excluding hydrogens is 266 g/mol. The van der Waals surface area contributed by atoms with Gasteiger partial charge in [0.15, 0.2) is 0 Å². The number of nitrogen functional groups attached to an aromatic ring is 1. The Morgan fingerprint density at radius 2 is 2.05 bits per heavy atom. The Morgan fingerprint density at radius 3 is 2.71 bits per heavy atom. The van der Waals surface area contributed by atoms with Crippen LogP contribution in [-0.4, -0.2) is 20.1 Å². The van der Waals surface area contributed by atoms with Crippen LogP contribution in [0.4, 0.5) is 11.4 Å². The maximum absolute atomic E-state index is 12.6. The smallest absolute Gasteiger partial charge is 0.261 e. The monoisotopic (exact) mass is 281 g/mol. The molecule has 0 heterocycles. The summed E-state index contributed by atoms with van der Waals surface area (Å²) in [7, 11) is 3.14. The summed E-state index contributed by atoms with van der Waals surface area (Å²) in [5.74, 6) is 0.185. The van der Waals surface area contributed by atoms with E-state index in [9.17, 15) is 4.79 Å². The number of hydrogen-bond donors (Lipinski definition) is 1. The Labute approximate surface area is 123 Å². The summed E-state index contributed by atoms with van der Waals surface area (Å²) >= 11 is 0. The lowest BCUT2D eigenvalue weighted by atomic mass is 10.1. The van der Waals surface area contributed by atoms with Crippen LogP contribution in [0.25, 0.3) is 0 Å². The average Bonchev–Trinajstić information content (AvgIpc) is 2.53. The zero-order chi connectivity index (χ0) is 15.4. The largest absolute Gasteiger partial charge is 0.496 e. The maximum atomic E-state index is 12.6. The number of nitrogens with two attached hydrogens (primary N) is 1. The topological polar surface area (TPSA) is 79.3 Å². The van der Waals surface area contributed by atoms with E-state index in [0.29, 0.717) is 28.3 Å². The average molecular weight is 281 g/mol. The standard InChI is InChI=1S/C16H15N3O2/c1-19(13-5-3-4-11(8-13)10-17)16(20)14-7-6-12(18)9-15(14)21-2/h3-9H,18H2,1-2H3. The minimum absolute atomic E-state index is 0.234. The van der Waals surface area contributed by atoms with Gasteiger partial charge in [-0.1, -0.05) is 6.07 Å². The van der Waals surface area contributed by atoms with Gasteiger partial charge in [0.25, 0.3) is 5.91 Å². The molecule has 0 aliphatic rings. The SMILES string of the molecule is COc1cc(N)ccc1C(=O)N(C)c1cccc(C#N)c1. The number of hydrogen-bond acceptors (Lipinski definition) is 4. The third kappa shape index (κ3) is 2.95. The first-order valence-electron chi connectivity index (χ1n) is 6.28. The van der Waals surface area contributed by atoms with E-state index in [0.717, 1.165) is 0 Å². The van der Waals surface area contributed by atoms with Crippen LogP contribution in [0.5, 0.6) is 5.75 Å². The van der Waals surface area contributed by atoms with Crippen molar-refractivity contribution in [2.45, 2.75) is 0 Å². The van der Waals surface area contributed by atoms with Gasteiger partial charge in [-0.25, -0.2) is 0 Å². The number of nitrogens with zero attached hydrogens (tertiary/aromatic N) is 2. The maximum Gasteiger partial charge on any atom is 0.261 e. The summed E-state index contributed by atoms with van der Waals surface area (Å²) in [6, 6.07) is 13.8. The Kier molecular flexibility index (Phi) is 4.10. The van der Waals surface area contributed by atoms with Crippen molar-refractivity contribution in [3.63, 3.8) is 0 Å². The summed E-state index contributed by atoms with van der Waals surface area (Å²) in [6.45, 7) is 0. The van der Waals surface area contributed by atoms with E-state index in [1.165, 1.54) is 12.0 Å². The van der Waals surface area contributed by atoms with E-state index in [1.807, 2.05) is 0 Å². The van der Waals surface area contributed by atoms with Gasteiger partial charge in [-0.2, -0.15) is 5.26 Å². The molecule has 0 radical (unpaired) electrons. The zero-order valence-electron chi connectivity index (χ0n) is 11.8. The van der Waals surface area contributed by atoms with E-state index in [-0.39, 0.29) is 5.91 Å². The van der Waals surface area contributed by atoms with Crippen LogP contribution >= 0.6 is 0 Å². The van der Waals surface area contributed by atoms with Gasteiger partial charge in [-0.05, 0) is 30.3 Å². The first kappa shape index (κ1) is 14.4. The van der Waals surface area contributed by atoms with Crippen LogP contribution in [0.2, 0.25) is 0 Å². The quantitative estimate of drug-likeness (QED) is 0.876. The highest BCUT2D eigenvalue weighted by Gasteiger charge is 2.18. The third-order valence-corrected chi connectivity index (χ3v) is 3.12. The van der Waals surface area contributed by atoms with Gasteiger partial charge in [0.05, 0.1) is 24.3 Å². The van der Waals surface area contributed by atoms with Crippen molar-refractivity contribution in [2.24, 2.45) is 0 Å². The first-order chi connectivity index (χ1) is 10.1. The molecule has 0 atom stereocenters. The zero-order valence-corrected chi connectivity index (χ0v) is 11.8. The van der Waals surface area contributed by atoms with Gasteiger partial charge in [-0.3, -0.25) is 4.79 Å². The Morgan fingerprint density at radius 1 is 1.29 bits per heavy atom. The summed E-state index contributed by atoms with van der Waals surface area (Å²) in [6.07, 6.45) is 0. The molecule has 21 heavy (non-hydrogen) atoms. The van der Waals surface area contributed by atoms with E-state index in [4.69, 9.17) is 15.7 Å². The summed E-state index contributed by atoms with van der Waals surface area (Å²) in [5.41, 5.74) is 7.76. The third-order valence-electron chi connectivity index (χ3n) is 3.12. The Bertz CT molecular complexity index is 720. The number of methoxy groups -OCH3 is 1. The van der Waals surface area contributed by atoms with E-state index < -0.39 is 0 Å². The number of benzene rings is 2. The number of ether oxygens (including phenoxy) is 1. The number of nitriles is 1. The Hall–Kier alpha value is -3.00. The van der Waals surface area contributed by atoms with Gasteiger partial charge in [0.1, 0.15) is 5.75 Å². The van der Waals surface area contributed by atoms with Crippen molar-refractivity contribution in [1.82, 2.24) is 0 Å². The second-order valence-electron chi connectivity index (χ2n) is 4.49. The number of carbonyl (C=O) groups is 1. The van der Waals surface area contributed by atoms with Gasteiger partial charge < -0.3 is 15.4 Å². The molecule has 2 aromatic carbocycles. The van der Waals surface area contributed by atoms with Gasteiger partial charge in [0, 0.05) is 24.5 Å². The molecule has 1 amide bonds. The fourth-order valence-electron chi connectivity index (χ4n) is 1.97. The van der Waals surface area contributed by atoms with E-state index >= 15 is 0 Å². The van der Waals surface area contributed by atoms with E-state index in [2.05, 4.69) is 6.07 Å². The lowest BCUT2D eigenvalue weighted by Gasteiger charge is -2.19. The lowest BCUT2D eigenvalue weighted by molar-refractivity contribution is 0.0990. The van der Waals surface area contributed by atoms with Crippen LogP contribution in [0.3, 0.4) is 0 Å². The summed E-state index contributed by atoms with van der Waals surface area (Å²) < 4.78 is 5.20. The number of rotatable bonds is 3. The second-order valence-corrected chi connectivity index (χ2v) is 4.49. The molecular formula is C16H15N3O2. The number of amides is 1. The predicted octanol–water partition coefficient (Wildman–Crippen LogP) is 2.43. The highest BCUT2D eigenvalue weighted by molar-refractivity contribution is 6.07. The summed E-state index contributed by atoms with van der Waals surface area (Å²) in [4.78, 5) is 14.0. The second kappa shape index (κ2) is 5.97. The molecule has 106 valence electrons. The molecule has 0 bridgehead atoms. The minimum Gasteiger partial charge on any atom is -0.496 e. The molecule has 5 heteroatoms. The van der Waals surface area contributed by atoms with Gasteiger partial charge >= 0.3 is 0 Å². The van der Waals surface area contributed by atoms with Crippen LogP contribution in [0.1, 0.15) is 15.9 Å². The fourth-order valence-corrected chi connectivity index (χ4v) is 1.97. The summed E-state index contributed by atoms with van der Waals surface area (Å²) in [5, 5.41) is 8.92. The van der Waals surface area contributed by atoms with Crippen molar-refractivity contribution in [2.75, 3.05) is 24.8 Å².